The molecule has 88 valence electrons. The average Bonchev–Trinajstić information content (AvgIpc) is 2.86. The Bertz CT molecular complexity index is 529. The predicted octanol–water partition coefficient (Wildman–Crippen LogP) is 3.80. The molecule has 0 fully saturated rings. The van der Waals surface area contributed by atoms with Crippen LogP contribution in [0.25, 0.3) is 10.4 Å². The van der Waals surface area contributed by atoms with Gasteiger partial charge in [0.1, 0.15) is 5.75 Å². The van der Waals surface area contributed by atoms with Crippen molar-refractivity contribution >= 4 is 17.6 Å². The molecule has 0 atom stereocenters. The summed E-state index contributed by atoms with van der Waals surface area (Å²) >= 11 is 1.51. The van der Waals surface area contributed by atoms with Crippen molar-refractivity contribution in [2.24, 2.45) is 0 Å². The largest absolute Gasteiger partial charge is 0.496 e. The summed E-state index contributed by atoms with van der Waals surface area (Å²) in [7, 11) is 1.68. The number of thiophene rings is 1. The fourth-order valence-corrected chi connectivity index (χ4v) is 2.60. The lowest BCUT2D eigenvalue weighted by molar-refractivity contribution is 0.112. The van der Waals surface area contributed by atoms with E-state index in [1.807, 2.05) is 24.3 Å². The summed E-state index contributed by atoms with van der Waals surface area (Å²) in [5.41, 5.74) is 2.33. The van der Waals surface area contributed by atoms with Crippen LogP contribution in [0.2, 0.25) is 0 Å². The van der Waals surface area contributed by atoms with Crippen molar-refractivity contribution in [3.63, 3.8) is 0 Å². The number of carbonyl (C=O) groups is 1. The molecule has 0 amide bonds. The third-order valence-electron chi connectivity index (χ3n) is 2.69. The molecular formula is C14H14O2S. The lowest BCUT2D eigenvalue weighted by Crippen LogP contribution is -1.90. The van der Waals surface area contributed by atoms with Crippen molar-refractivity contribution in [3.05, 3.63) is 40.8 Å². The minimum Gasteiger partial charge on any atom is -0.496 e. The third-order valence-corrected chi connectivity index (χ3v) is 3.75. The molecular weight excluding hydrogens is 232 g/mol. The average molecular weight is 246 g/mol. The maximum absolute atomic E-state index is 10.7. The molecule has 1 aromatic heterocycles. The maximum atomic E-state index is 10.7. The second kappa shape index (κ2) is 5.15. The van der Waals surface area contributed by atoms with Crippen LogP contribution in [0.5, 0.6) is 5.75 Å². The van der Waals surface area contributed by atoms with Gasteiger partial charge in [0, 0.05) is 4.88 Å². The SMILES string of the molecule is CCc1cc(-c2ccc(C=O)s2)ccc1OC. The summed E-state index contributed by atoms with van der Waals surface area (Å²) in [5, 5.41) is 0. The normalized spacial score (nSPS) is 10.2. The number of ether oxygens (including phenoxy) is 1. The van der Waals surface area contributed by atoms with Gasteiger partial charge >= 0.3 is 0 Å². The van der Waals surface area contributed by atoms with Crippen molar-refractivity contribution in [2.45, 2.75) is 13.3 Å². The van der Waals surface area contributed by atoms with Gasteiger partial charge in [0.25, 0.3) is 0 Å². The standard InChI is InChI=1S/C14H14O2S/c1-3-10-8-11(4-6-13(10)16-2)14-7-5-12(9-15)17-14/h4-9H,3H2,1-2H3. The Balaban J connectivity index is 2.42. The Hall–Kier alpha value is -1.61. The minimum atomic E-state index is 0.758. The molecule has 2 rings (SSSR count). The predicted molar refractivity (Wildman–Crippen MR) is 71.1 cm³/mol. The zero-order valence-electron chi connectivity index (χ0n) is 9.90. The van der Waals surface area contributed by atoms with Crippen LogP contribution in [0.1, 0.15) is 22.2 Å². The van der Waals surface area contributed by atoms with Gasteiger partial charge in [-0.15, -0.1) is 11.3 Å². The zero-order chi connectivity index (χ0) is 12.3. The van der Waals surface area contributed by atoms with E-state index in [1.165, 1.54) is 16.9 Å². The van der Waals surface area contributed by atoms with Crippen molar-refractivity contribution < 1.29 is 9.53 Å². The molecule has 0 unspecified atom stereocenters. The van der Waals surface area contributed by atoms with E-state index in [1.54, 1.807) is 7.11 Å². The van der Waals surface area contributed by atoms with Crippen molar-refractivity contribution in [1.29, 1.82) is 0 Å². The van der Waals surface area contributed by atoms with E-state index < -0.39 is 0 Å². The molecule has 0 aliphatic carbocycles. The van der Waals surface area contributed by atoms with Crippen molar-refractivity contribution in [2.75, 3.05) is 7.11 Å². The fraction of sp³-hybridized carbons (Fsp3) is 0.214. The van der Waals surface area contributed by atoms with E-state index >= 15 is 0 Å². The van der Waals surface area contributed by atoms with Crippen LogP contribution in [0.3, 0.4) is 0 Å². The Morgan fingerprint density at radius 3 is 2.71 bits per heavy atom. The summed E-state index contributed by atoms with van der Waals surface area (Å²) in [6.45, 7) is 2.10. The molecule has 0 saturated carbocycles. The molecule has 0 spiro atoms. The lowest BCUT2D eigenvalue weighted by Gasteiger charge is -2.08. The molecule has 2 nitrogen and oxygen atoms in total. The first-order valence-corrected chi connectivity index (χ1v) is 6.32. The summed E-state index contributed by atoms with van der Waals surface area (Å²) < 4.78 is 5.30. The number of benzene rings is 1. The number of aldehydes is 1. The lowest BCUT2D eigenvalue weighted by atomic mass is 10.1. The highest BCUT2D eigenvalue weighted by atomic mass is 32.1. The summed E-state index contributed by atoms with van der Waals surface area (Å²) in [6, 6.07) is 9.96. The van der Waals surface area contributed by atoms with Crippen LogP contribution in [0.15, 0.2) is 30.3 Å². The highest BCUT2D eigenvalue weighted by Crippen LogP contribution is 2.31. The minimum absolute atomic E-state index is 0.758. The highest BCUT2D eigenvalue weighted by Gasteiger charge is 2.06. The number of aryl methyl sites for hydroxylation is 1. The van der Waals surface area contributed by atoms with Gasteiger partial charge in [0.2, 0.25) is 0 Å². The van der Waals surface area contributed by atoms with Gasteiger partial charge in [0.15, 0.2) is 6.29 Å². The monoisotopic (exact) mass is 246 g/mol. The molecule has 1 aromatic carbocycles. The van der Waals surface area contributed by atoms with E-state index in [-0.39, 0.29) is 0 Å². The van der Waals surface area contributed by atoms with Crippen LogP contribution < -0.4 is 4.74 Å². The molecule has 3 heteroatoms. The van der Waals surface area contributed by atoms with Crippen molar-refractivity contribution in [3.8, 4) is 16.2 Å². The first kappa shape index (κ1) is 11.9. The smallest absolute Gasteiger partial charge is 0.160 e. The number of carbonyl (C=O) groups excluding carboxylic acids is 1. The van der Waals surface area contributed by atoms with Gasteiger partial charge in [0.05, 0.1) is 12.0 Å². The Labute approximate surface area is 105 Å². The first-order valence-electron chi connectivity index (χ1n) is 5.50. The molecule has 2 aromatic rings. The van der Waals surface area contributed by atoms with Crippen LogP contribution >= 0.6 is 11.3 Å². The quantitative estimate of drug-likeness (QED) is 0.767. The van der Waals surface area contributed by atoms with E-state index in [0.717, 1.165) is 33.8 Å². The van der Waals surface area contributed by atoms with Gasteiger partial charge in [-0.25, -0.2) is 0 Å². The van der Waals surface area contributed by atoms with Crippen molar-refractivity contribution in [1.82, 2.24) is 0 Å². The van der Waals surface area contributed by atoms with E-state index in [4.69, 9.17) is 4.74 Å². The van der Waals surface area contributed by atoms with Crippen LogP contribution in [-0.4, -0.2) is 13.4 Å². The van der Waals surface area contributed by atoms with E-state index in [9.17, 15) is 4.79 Å². The summed E-state index contributed by atoms with van der Waals surface area (Å²) in [4.78, 5) is 12.5. The molecule has 0 saturated heterocycles. The molecule has 0 aliphatic rings. The topological polar surface area (TPSA) is 26.3 Å². The van der Waals surface area contributed by atoms with Gasteiger partial charge in [-0.3, -0.25) is 4.79 Å². The van der Waals surface area contributed by atoms with Crippen LogP contribution in [0, 0.1) is 0 Å². The molecule has 0 radical (unpaired) electrons. The molecule has 0 bridgehead atoms. The van der Waals surface area contributed by atoms with E-state index in [0.29, 0.717) is 0 Å². The van der Waals surface area contributed by atoms with Gasteiger partial charge in [-0.05, 0) is 47.9 Å². The second-order valence-electron chi connectivity index (χ2n) is 3.70. The third kappa shape index (κ3) is 2.39. The number of hydrogen-bond donors (Lipinski definition) is 0. The number of rotatable bonds is 4. The van der Waals surface area contributed by atoms with E-state index in [2.05, 4.69) is 13.0 Å². The Morgan fingerprint density at radius 1 is 1.29 bits per heavy atom. The van der Waals surface area contributed by atoms with Gasteiger partial charge < -0.3 is 4.74 Å². The number of hydrogen-bond acceptors (Lipinski definition) is 3. The van der Waals surface area contributed by atoms with Gasteiger partial charge in [-0.1, -0.05) is 6.92 Å². The first-order chi connectivity index (χ1) is 8.28. The highest BCUT2D eigenvalue weighted by molar-refractivity contribution is 7.17. The summed E-state index contributed by atoms with van der Waals surface area (Å²) in [5.74, 6) is 0.920. The van der Waals surface area contributed by atoms with Crippen LogP contribution in [-0.2, 0) is 6.42 Å². The van der Waals surface area contributed by atoms with Gasteiger partial charge in [-0.2, -0.15) is 0 Å². The maximum Gasteiger partial charge on any atom is 0.160 e. The second-order valence-corrected chi connectivity index (χ2v) is 4.82. The van der Waals surface area contributed by atoms with Crippen LogP contribution in [0.4, 0.5) is 0 Å². The molecule has 17 heavy (non-hydrogen) atoms. The Morgan fingerprint density at radius 2 is 2.12 bits per heavy atom. The zero-order valence-corrected chi connectivity index (χ0v) is 10.7. The Kier molecular flexibility index (Phi) is 3.59. The summed E-state index contributed by atoms with van der Waals surface area (Å²) in [6.07, 6.45) is 1.82. The fourth-order valence-electron chi connectivity index (χ4n) is 1.78. The molecule has 0 N–H and O–H groups in total. The molecule has 0 aliphatic heterocycles. The molecule has 1 heterocycles. The number of methoxy groups -OCH3 is 1.